The number of ether oxygens (including phenoxy) is 1. The number of thiazole rings is 1. The Morgan fingerprint density at radius 3 is 2.59 bits per heavy atom. The number of amides is 1. The van der Waals surface area contributed by atoms with Crippen LogP contribution in [-0.2, 0) is 0 Å². The molecule has 0 saturated carbocycles. The van der Waals surface area contributed by atoms with Gasteiger partial charge in [0.05, 0.1) is 21.9 Å². The molecule has 0 atom stereocenters. The molecule has 0 aliphatic rings. The average molecular weight is 475 g/mol. The lowest BCUT2D eigenvalue weighted by Gasteiger charge is -2.22. The van der Waals surface area contributed by atoms with Gasteiger partial charge in [-0.25, -0.2) is 4.98 Å². The van der Waals surface area contributed by atoms with Crippen molar-refractivity contribution in [2.75, 3.05) is 38.7 Å². The van der Waals surface area contributed by atoms with E-state index in [0.29, 0.717) is 46.2 Å². The van der Waals surface area contributed by atoms with Crippen molar-refractivity contribution in [3.8, 4) is 5.75 Å². The van der Waals surface area contributed by atoms with Crippen molar-refractivity contribution in [3.63, 3.8) is 0 Å². The Morgan fingerprint density at radius 1 is 1.17 bits per heavy atom. The van der Waals surface area contributed by atoms with Crippen LogP contribution >= 0.6 is 46.9 Å². The largest absolute Gasteiger partial charge is 0.492 e. The van der Waals surface area contributed by atoms with E-state index in [0.717, 1.165) is 10.2 Å². The van der Waals surface area contributed by atoms with E-state index in [-0.39, 0.29) is 18.3 Å². The zero-order chi connectivity index (χ0) is 20.3. The van der Waals surface area contributed by atoms with Crippen LogP contribution in [0.1, 0.15) is 17.3 Å². The highest BCUT2D eigenvalue weighted by atomic mass is 35.5. The van der Waals surface area contributed by atoms with Gasteiger partial charge in [-0.15, -0.1) is 12.4 Å². The SMILES string of the molecule is CCOc1cccc2sc(N(CCN(C)C)C(=O)c3ccc(Cl)cc3Cl)nc12.Cl. The van der Waals surface area contributed by atoms with Crippen molar-refractivity contribution < 1.29 is 9.53 Å². The normalized spacial score (nSPS) is 10.8. The average Bonchev–Trinajstić information content (AvgIpc) is 3.06. The lowest BCUT2D eigenvalue weighted by molar-refractivity contribution is 0.0985. The topological polar surface area (TPSA) is 45.7 Å². The molecule has 29 heavy (non-hydrogen) atoms. The maximum Gasteiger partial charge on any atom is 0.261 e. The number of nitrogens with zero attached hydrogens (tertiary/aromatic N) is 3. The third-order valence-corrected chi connectivity index (χ3v) is 5.67. The number of benzene rings is 2. The number of anilines is 1. The van der Waals surface area contributed by atoms with Gasteiger partial charge in [0.25, 0.3) is 5.91 Å². The maximum absolute atomic E-state index is 13.3. The molecule has 0 saturated heterocycles. The summed E-state index contributed by atoms with van der Waals surface area (Å²) in [7, 11) is 3.92. The van der Waals surface area contributed by atoms with E-state index in [9.17, 15) is 4.79 Å². The molecule has 5 nitrogen and oxygen atoms in total. The molecule has 0 N–H and O–H groups in total. The Hall–Kier alpha value is -1.57. The Bertz CT molecular complexity index is 994. The second-order valence-corrected chi connectivity index (χ2v) is 8.27. The van der Waals surface area contributed by atoms with E-state index in [1.807, 2.05) is 44.1 Å². The Balaban J connectivity index is 0.00000300. The summed E-state index contributed by atoms with van der Waals surface area (Å²) in [6, 6.07) is 10.7. The lowest BCUT2D eigenvalue weighted by Crippen LogP contribution is -2.36. The fourth-order valence-corrected chi connectivity index (χ4v) is 4.19. The van der Waals surface area contributed by atoms with E-state index in [1.165, 1.54) is 11.3 Å². The van der Waals surface area contributed by atoms with E-state index in [4.69, 9.17) is 32.9 Å². The molecule has 156 valence electrons. The minimum atomic E-state index is -0.208. The molecule has 1 heterocycles. The summed E-state index contributed by atoms with van der Waals surface area (Å²) in [4.78, 5) is 21.7. The number of hydrogen-bond donors (Lipinski definition) is 0. The first-order valence-electron chi connectivity index (χ1n) is 8.84. The number of fused-ring (bicyclic) bond motifs is 1. The zero-order valence-corrected chi connectivity index (χ0v) is 19.5. The summed E-state index contributed by atoms with van der Waals surface area (Å²) in [5.41, 5.74) is 1.16. The monoisotopic (exact) mass is 473 g/mol. The molecule has 1 aromatic heterocycles. The number of para-hydroxylation sites is 1. The van der Waals surface area contributed by atoms with Crippen LogP contribution in [0.15, 0.2) is 36.4 Å². The number of carbonyl (C=O) groups excluding carboxylic acids is 1. The van der Waals surface area contributed by atoms with Gasteiger partial charge < -0.3 is 9.64 Å². The summed E-state index contributed by atoms with van der Waals surface area (Å²) >= 11 is 13.7. The van der Waals surface area contributed by atoms with Crippen LogP contribution in [0.3, 0.4) is 0 Å². The summed E-state index contributed by atoms with van der Waals surface area (Å²) < 4.78 is 6.65. The molecule has 0 aliphatic heterocycles. The minimum Gasteiger partial charge on any atom is -0.492 e. The molecule has 1 amide bonds. The number of rotatable bonds is 7. The van der Waals surface area contributed by atoms with E-state index >= 15 is 0 Å². The molecule has 2 aromatic carbocycles. The van der Waals surface area contributed by atoms with Crippen molar-refractivity contribution in [2.24, 2.45) is 0 Å². The smallest absolute Gasteiger partial charge is 0.261 e. The Kier molecular flexibility index (Phi) is 8.55. The molecule has 0 unspecified atom stereocenters. The van der Waals surface area contributed by atoms with Gasteiger partial charge >= 0.3 is 0 Å². The Morgan fingerprint density at radius 2 is 1.93 bits per heavy atom. The van der Waals surface area contributed by atoms with Crippen LogP contribution < -0.4 is 9.64 Å². The van der Waals surface area contributed by atoms with Gasteiger partial charge in [0.1, 0.15) is 11.3 Å². The molecule has 0 aliphatic carbocycles. The number of hydrogen-bond acceptors (Lipinski definition) is 5. The number of halogens is 3. The van der Waals surface area contributed by atoms with Crippen LogP contribution in [0.25, 0.3) is 10.2 Å². The van der Waals surface area contributed by atoms with Crippen molar-refractivity contribution >= 4 is 68.2 Å². The number of likely N-dealkylation sites (N-methyl/N-ethyl adjacent to an activating group) is 1. The summed E-state index contributed by atoms with van der Waals surface area (Å²) in [5.74, 6) is 0.507. The molecule has 3 rings (SSSR count). The fourth-order valence-electron chi connectivity index (χ4n) is 2.69. The molecule has 0 radical (unpaired) electrons. The second-order valence-electron chi connectivity index (χ2n) is 6.42. The zero-order valence-electron chi connectivity index (χ0n) is 16.3. The first kappa shape index (κ1) is 23.7. The van der Waals surface area contributed by atoms with Gasteiger partial charge in [-0.2, -0.15) is 0 Å². The van der Waals surface area contributed by atoms with Gasteiger partial charge in [0, 0.05) is 18.1 Å². The van der Waals surface area contributed by atoms with E-state index in [2.05, 4.69) is 0 Å². The van der Waals surface area contributed by atoms with Gasteiger partial charge in [-0.05, 0) is 51.4 Å². The summed E-state index contributed by atoms with van der Waals surface area (Å²) in [6.07, 6.45) is 0. The molecule has 9 heteroatoms. The highest BCUT2D eigenvalue weighted by Crippen LogP contribution is 2.35. The van der Waals surface area contributed by atoms with Crippen LogP contribution in [0, 0.1) is 0 Å². The first-order chi connectivity index (χ1) is 13.4. The quantitative estimate of drug-likeness (QED) is 0.445. The van der Waals surface area contributed by atoms with Crippen molar-refractivity contribution in [1.29, 1.82) is 0 Å². The minimum absolute atomic E-state index is 0. The van der Waals surface area contributed by atoms with Crippen molar-refractivity contribution in [2.45, 2.75) is 6.92 Å². The van der Waals surface area contributed by atoms with Crippen LogP contribution in [0.2, 0.25) is 10.0 Å². The van der Waals surface area contributed by atoms with E-state index in [1.54, 1.807) is 23.1 Å². The van der Waals surface area contributed by atoms with Gasteiger partial charge in [-0.1, -0.05) is 40.6 Å². The summed E-state index contributed by atoms with van der Waals surface area (Å²) in [5, 5.41) is 1.42. The predicted octanol–water partition coefficient (Wildman–Crippen LogP) is 5.63. The Labute approximate surface area is 190 Å². The lowest BCUT2D eigenvalue weighted by atomic mass is 10.2. The third-order valence-electron chi connectivity index (χ3n) is 4.08. The van der Waals surface area contributed by atoms with Gasteiger partial charge in [0.15, 0.2) is 5.13 Å². The molecular weight excluding hydrogens is 453 g/mol. The third kappa shape index (κ3) is 5.53. The number of carbonyl (C=O) groups is 1. The molecule has 0 fully saturated rings. The molecular formula is C20H22Cl3N3O2S. The van der Waals surface area contributed by atoms with Crippen molar-refractivity contribution in [1.82, 2.24) is 9.88 Å². The maximum atomic E-state index is 13.3. The van der Waals surface area contributed by atoms with E-state index < -0.39 is 0 Å². The predicted molar refractivity (Wildman–Crippen MR) is 125 cm³/mol. The van der Waals surface area contributed by atoms with Crippen LogP contribution in [0.4, 0.5) is 5.13 Å². The standard InChI is InChI=1S/C20H21Cl2N3O2S.ClH/c1-4-27-16-6-5-7-17-18(16)23-20(28-17)25(11-10-24(2)3)19(26)14-9-8-13(21)12-15(14)22;/h5-9,12H,4,10-11H2,1-3H3;1H. The summed E-state index contributed by atoms with van der Waals surface area (Å²) in [6.45, 7) is 3.65. The second kappa shape index (κ2) is 10.5. The number of aromatic nitrogens is 1. The van der Waals surface area contributed by atoms with Gasteiger partial charge in [-0.3, -0.25) is 9.69 Å². The van der Waals surface area contributed by atoms with Crippen LogP contribution in [-0.4, -0.2) is 49.6 Å². The highest BCUT2D eigenvalue weighted by molar-refractivity contribution is 7.22. The van der Waals surface area contributed by atoms with Crippen LogP contribution in [0.5, 0.6) is 5.75 Å². The molecule has 0 bridgehead atoms. The fraction of sp³-hybridized carbons (Fsp3) is 0.300. The van der Waals surface area contributed by atoms with Crippen molar-refractivity contribution in [3.05, 3.63) is 52.0 Å². The first-order valence-corrected chi connectivity index (χ1v) is 10.4. The highest BCUT2D eigenvalue weighted by Gasteiger charge is 2.24. The van der Waals surface area contributed by atoms with Gasteiger partial charge in [0.2, 0.25) is 0 Å². The molecule has 3 aromatic rings. The molecule has 0 spiro atoms.